The molecule has 0 bridgehead atoms. The van der Waals surface area contributed by atoms with Crippen molar-refractivity contribution < 1.29 is 23.8 Å². The van der Waals surface area contributed by atoms with Gasteiger partial charge in [0.15, 0.2) is 15.8 Å². The first kappa shape index (κ1) is 22.5. The Morgan fingerprint density at radius 1 is 1.15 bits per heavy atom. The van der Waals surface area contributed by atoms with Crippen LogP contribution >= 0.6 is 24.0 Å². The number of carbonyl (C=O) groups is 2. The zero-order valence-corrected chi connectivity index (χ0v) is 18.9. The average Bonchev–Trinajstić information content (AvgIpc) is 3.09. The number of rotatable bonds is 5. The number of amides is 2. The number of methoxy groups -OCH3 is 1. The van der Waals surface area contributed by atoms with E-state index in [1.54, 1.807) is 42.5 Å². The molecular formula is C24H17FN2O4S2. The van der Waals surface area contributed by atoms with Crippen LogP contribution in [0.1, 0.15) is 15.9 Å². The average molecular weight is 481 g/mol. The largest absolute Gasteiger partial charge is 0.504 e. The minimum atomic E-state index is -0.402. The zero-order valence-electron chi connectivity index (χ0n) is 17.2. The molecule has 3 aromatic carbocycles. The van der Waals surface area contributed by atoms with Crippen LogP contribution in [0.25, 0.3) is 6.08 Å². The van der Waals surface area contributed by atoms with Gasteiger partial charge in [-0.3, -0.25) is 14.5 Å². The van der Waals surface area contributed by atoms with Crippen LogP contribution in [-0.2, 0) is 4.79 Å². The SMILES string of the molecule is COc1cc(/C=C2/SC(=S)N(c3cccc(C(=O)Nc4ccc(F)cc4)c3)C2=O)ccc1O. The number of nitrogens with one attached hydrogen (secondary N) is 1. The molecule has 4 rings (SSSR count). The summed E-state index contributed by atoms with van der Waals surface area (Å²) in [7, 11) is 1.44. The van der Waals surface area contributed by atoms with Gasteiger partial charge in [0.2, 0.25) is 0 Å². The van der Waals surface area contributed by atoms with Crippen LogP contribution in [0, 0.1) is 5.82 Å². The maximum atomic E-state index is 13.1. The molecule has 0 aliphatic carbocycles. The van der Waals surface area contributed by atoms with Crippen molar-refractivity contribution in [1.82, 2.24) is 0 Å². The first-order chi connectivity index (χ1) is 15.9. The van der Waals surface area contributed by atoms with Crippen LogP contribution in [-0.4, -0.2) is 28.4 Å². The van der Waals surface area contributed by atoms with Crippen molar-refractivity contribution in [2.75, 3.05) is 17.3 Å². The van der Waals surface area contributed by atoms with Gasteiger partial charge in [0.25, 0.3) is 11.8 Å². The van der Waals surface area contributed by atoms with Crippen molar-refractivity contribution >= 4 is 57.6 Å². The molecule has 0 atom stereocenters. The number of hydrogen-bond donors (Lipinski definition) is 2. The van der Waals surface area contributed by atoms with Crippen LogP contribution in [0.4, 0.5) is 15.8 Å². The summed E-state index contributed by atoms with van der Waals surface area (Å²) in [4.78, 5) is 27.5. The molecule has 1 aliphatic heterocycles. The highest BCUT2D eigenvalue weighted by atomic mass is 32.2. The van der Waals surface area contributed by atoms with E-state index >= 15 is 0 Å². The highest BCUT2D eigenvalue weighted by molar-refractivity contribution is 8.27. The summed E-state index contributed by atoms with van der Waals surface area (Å²) in [6.45, 7) is 0. The van der Waals surface area contributed by atoms with Gasteiger partial charge in [-0.05, 0) is 66.2 Å². The van der Waals surface area contributed by atoms with E-state index in [2.05, 4.69) is 5.32 Å². The van der Waals surface area contributed by atoms with Crippen molar-refractivity contribution in [3.05, 3.63) is 88.6 Å². The number of carbonyl (C=O) groups excluding carboxylic acids is 2. The Morgan fingerprint density at radius 3 is 2.64 bits per heavy atom. The molecule has 1 heterocycles. The van der Waals surface area contributed by atoms with Gasteiger partial charge in [-0.15, -0.1) is 0 Å². The lowest BCUT2D eigenvalue weighted by molar-refractivity contribution is -0.113. The van der Waals surface area contributed by atoms with Crippen LogP contribution in [0.3, 0.4) is 0 Å². The molecule has 2 N–H and O–H groups in total. The van der Waals surface area contributed by atoms with Gasteiger partial charge < -0.3 is 15.2 Å². The van der Waals surface area contributed by atoms with E-state index < -0.39 is 11.7 Å². The summed E-state index contributed by atoms with van der Waals surface area (Å²) in [6.07, 6.45) is 1.66. The van der Waals surface area contributed by atoms with Gasteiger partial charge in [-0.2, -0.15) is 0 Å². The minimum Gasteiger partial charge on any atom is -0.504 e. The minimum absolute atomic E-state index is 0.00192. The fraction of sp³-hybridized carbons (Fsp3) is 0.0417. The van der Waals surface area contributed by atoms with Crippen molar-refractivity contribution in [1.29, 1.82) is 0 Å². The van der Waals surface area contributed by atoms with Gasteiger partial charge in [0.05, 0.1) is 17.7 Å². The topological polar surface area (TPSA) is 78.9 Å². The summed E-state index contributed by atoms with van der Waals surface area (Å²) in [5.41, 5.74) is 1.89. The second-order valence-electron chi connectivity index (χ2n) is 6.96. The van der Waals surface area contributed by atoms with Crippen LogP contribution in [0.5, 0.6) is 11.5 Å². The second-order valence-corrected chi connectivity index (χ2v) is 8.64. The first-order valence-corrected chi connectivity index (χ1v) is 10.9. The van der Waals surface area contributed by atoms with Crippen molar-refractivity contribution in [2.24, 2.45) is 0 Å². The summed E-state index contributed by atoms with van der Waals surface area (Å²) in [5, 5.41) is 12.5. The third kappa shape index (κ3) is 4.89. The number of hydrogen-bond acceptors (Lipinski definition) is 6. The quantitative estimate of drug-likeness (QED) is 0.386. The number of thiocarbonyl (C=S) groups is 1. The number of benzene rings is 3. The molecule has 166 valence electrons. The Labute approximate surface area is 198 Å². The highest BCUT2D eigenvalue weighted by Crippen LogP contribution is 2.37. The lowest BCUT2D eigenvalue weighted by atomic mass is 10.1. The fourth-order valence-corrected chi connectivity index (χ4v) is 4.45. The first-order valence-electron chi connectivity index (χ1n) is 9.67. The molecule has 0 aromatic heterocycles. The molecule has 1 aliphatic rings. The Hall–Kier alpha value is -3.69. The van der Waals surface area contributed by atoms with Gasteiger partial charge in [0, 0.05) is 11.3 Å². The molecule has 0 radical (unpaired) electrons. The maximum Gasteiger partial charge on any atom is 0.270 e. The second kappa shape index (κ2) is 9.43. The molecule has 9 heteroatoms. The molecule has 3 aromatic rings. The van der Waals surface area contributed by atoms with Crippen molar-refractivity contribution in [3.8, 4) is 11.5 Å². The monoisotopic (exact) mass is 480 g/mol. The maximum absolute atomic E-state index is 13.1. The van der Waals surface area contributed by atoms with E-state index in [9.17, 15) is 19.1 Å². The smallest absolute Gasteiger partial charge is 0.270 e. The van der Waals surface area contributed by atoms with Crippen LogP contribution < -0.4 is 15.0 Å². The molecule has 0 unspecified atom stereocenters. The Bertz CT molecular complexity index is 1290. The standard InChI is InChI=1S/C24H17FN2O4S2/c1-31-20-11-14(5-10-19(20)28)12-21-23(30)27(24(32)33-21)18-4-2-3-15(13-18)22(29)26-17-8-6-16(25)7-9-17/h2-13,28H,1H3,(H,26,29)/b21-12+. The van der Waals surface area contributed by atoms with E-state index in [0.717, 1.165) is 11.8 Å². The van der Waals surface area contributed by atoms with E-state index in [-0.39, 0.29) is 11.7 Å². The van der Waals surface area contributed by atoms with E-state index in [0.29, 0.717) is 37.5 Å². The summed E-state index contributed by atoms with van der Waals surface area (Å²) in [6, 6.07) is 16.7. The van der Waals surface area contributed by atoms with Crippen molar-refractivity contribution in [3.63, 3.8) is 0 Å². The third-order valence-electron chi connectivity index (χ3n) is 4.76. The highest BCUT2D eigenvalue weighted by Gasteiger charge is 2.33. The van der Waals surface area contributed by atoms with Crippen molar-refractivity contribution in [2.45, 2.75) is 0 Å². The van der Waals surface area contributed by atoms with Gasteiger partial charge in [-0.25, -0.2) is 4.39 Å². The lowest BCUT2D eigenvalue weighted by Gasteiger charge is -2.15. The number of aromatic hydroxyl groups is 1. The number of nitrogens with zero attached hydrogens (tertiary/aromatic N) is 1. The Kier molecular flexibility index (Phi) is 6.43. The fourth-order valence-electron chi connectivity index (χ4n) is 3.15. The third-order valence-corrected chi connectivity index (χ3v) is 6.07. The van der Waals surface area contributed by atoms with Gasteiger partial charge in [0.1, 0.15) is 5.82 Å². The Balaban J connectivity index is 1.57. The summed E-state index contributed by atoms with van der Waals surface area (Å²) in [5.74, 6) is -0.839. The number of thioether (sulfide) groups is 1. The number of anilines is 2. The summed E-state index contributed by atoms with van der Waals surface area (Å²) < 4.78 is 18.5. The predicted octanol–water partition coefficient (Wildman–Crippen LogP) is 5.20. The lowest BCUT2D eigenvalue weighted by Crippen LogP contribution is -2.27. The molecule has 6 nitrogen and oxygen atoms in total. The molecule has 0 saturated carbocycles. The van der Waals surface area contributed by atoms with E-state index in [1.165, 1.54) is 42.3 Å². The van der Waals surface area contributed by atoms with E-state index in [4.69, 9.17) is 17.0 Å². The molecule has 1 fully saturated rings. The zero-order chi connectivity index (χ0) is 23.5. The Morgan fingerprint density at radius 2 is 1.91 bits per heavy atom. The molecule has 33 heavy (non-hydrogen) atoms. The van der Waals surface area contributed by atoms with E-state index in [1.807, 2.05) is 0 Å². The number of phenols is 1. The normalized spacial score (nSPS) is 14.6. The number of halogens is 1. The van der Waals surface area contributed by atoms with Crippen LogP contribution in [0.2, 0.25) is 0 Å². The molecule has 2 amide bonds. The summed E-state index contributed by atoms with van der Waals surface area (Å²) >= 11 is 6.55. The predicted molar refractivity (Wildman–Crippen MR) is 131 cm³/mol. The molecule has 1 saturated heterocycles. The van der Waals surface area contributed by atoms with Gasteiger partial charge in [-0.1, -0.05) is 36.1 Å². The molecular weight excluding hydrogens is 463 g/mol. The number of phenolic OH excluding ortho intramolecular Hbond substituents is 1. The number of ether oxygens (including phenoxy) is 1. The van der Waals surface area contributed by atoms with Crippen LogP contribution in [0.15, 0.2) is 71.6 Å². The van der Waals surface area contributed by atoms with Gasteiger partial charge >= 0.3 is 0 Å². The molecule has 0 spiro atoms.